The van der Waals surface area contributed by atoms with Gasteiger partial charge in [0, 0.05) is 26.3 Å². The van der Waals surface area contributed by atoms with Gasteiger partial charge in [-0.05, 0) is 65.6 Å². The maximum atomic E-state index is 13.1. The first kappa shape index (κ1) is 50.5. The van der Waals surface area contributed by atoms with Crippen molar-refractivity contribution in [3.05, 3.63) is 0 Å². The van der Waals surface area contributed by atoms with Gasteiger partial charge in [-0.25, -0.2) is 9.59 Å². The highest BCUT2D eigenvalue weighted by molar-refractivity contribution is 8.14. The Kier molecular flexibility index (Phi) is 22.5. The summed E-state index contributed by atoms with van der Waals surface area (Å²) in [6, 6.07) is -4.07. The van der Waals surface area contributed by atoms with Gasteiger partial charge in [0.05, 0.1) is 13.7 Å². The highest BCUT2D eigenvalue weighted by Crippen LogP contribution is 2.39. The van der Waals surface area contributed by atoms with Crippen molar-refractivity contribution >= 4 is 52.6 Å². The zero-order chi connectivity index (χ0) is 42.6. The van der Waals surface area contributed by atoms with Crippen LogP contribution in [0, 0.1) is 0 Å². The topological polar surface area (TPSA) is 291 Å². The molecule has 20 heteroatoms. The second kappa shape index (κ2) is 24.9. The van der Waals surface area contributed by atoms with Crippen LogP contribution in [-0.2, 0) is 47.7 Å². The number of thioether (sulfide) groups is 1. The van der Waals surface area contributed by atoms with E-state index in [-0.39, 0.29) is 19.3 Å². The SMILES string of the molecule is COC(=O)[C@@H](CCC(N)=O)NC(=O)[C@H](C)NC(=O)[C@@H](C)O[C@H]1[C@H](O)[C@@H](CO)OC(O)(SC(=O)CCCCCCCCCCNC(=O)OC(C)(C)C)[C@@H]1NC(C)=O. The van der Waals surface area contributed by atoms with Gasteiger partial charge in [-0.1, -0.05) is 38.5 Å². The van der Waals surface area contributed by atoms with Crippen molar-refractivity contribution in [2.75, 3.05) is 20.3 Å². The van der Waals surface area contributed by atoms with Crippen LogP contribution in [0.2, 0.25) is 0 Å². The molecular formula is C36H63N5O14S. The molecule has 19 nitrogen and oxygen atoms in total. The minimum absolute atomic E-state index is 0.0510. The van der Waals surface area contributed by atoms with Crippen molar-refractivity contribution < 1.29 is 67.8 Å². The molecule has 9 N–H and O–H groups in total. The van der Waals surface area contributed by atoms with Crippen LogP contribution in [0.3, 0.4) is 0 Å². The molecule has 1 rings (SSSR count). The van der Waals surface area contributed by atoms with Crippen LogP contribution in [0.25, 0.3) is 0 Å². The third kappa shape index (κ3) is 19.1. The summed E-state index contributed by atoms with van der Waals surface area (Å²) in [6.07, 6.45) is -0.122. The Hall–Kier alpha value is -3.56. The lowest BCUT2D eigenvalue weighted by atomic mass is 9.96. The van der Waals surface area contributed by atoms with Crippen molar-refractivity contribution in [1.82, 2.24) is 21.3 Å². The van der Waals surface area contributed by atoms with E-state index in [0.29, 0.717) is 24.7 Å². The fourth-order valence-corrected chi connectivity index (χ4v) is 6.67. The van der Waals surface area contributed by atoms with Crippen LogP contribution in [0.5, 0.6) is 0 Å². The summed E-state index contributed by atoms with van der Waals surface area (Å²) in [6.45, 7) is 8.83. The minimum Gasteiger partial charge on any atom is -0.467 e. The van der Waals surface area contributed by atoms with E-state index in [1.807, 2.05) is 0 Å². The molecule has 8 atom stereocenters. The monoisotopic (exact) mass is 821 g/mol. The lowest BCUT2D eigenvalue weighted by Crippen LogP contribution is -2.70. The van der Waals surface area contributed by atoms with E-state index in [1.165, 1.54) is 13.8 Å². The molecule has 0 spiro atoms. The number of ether oxygens (including phenoxy) is 4. The van der Waals surface area contributed by atoms with Gasteiger partial charge in [-0.2, -0.15) is 0 Å². The molecule has 322 valence electrons. The van der Waals surface area contributed by atoms with Gasteiger partial charge in [0.1, 0.15) is 48.1 Å². The summed E-state index contributed by atoms with van der Waals surface area (Å²) in [5.74, 6) is -3.90. The number of nitrogens with two attached hydrogens (primary N) is 1. The Bertz CT molecular complexity index is 1320. The zero-order valence-corrected chi connectivity index (χ0v) is 34.4. The predicted octanol–water partition coefficient (Wildman–Crippen LogP) is 0.386. The van der Waals surface area contributed by atoms with Crippen LogP contribution < -0.4 is 27.0 Å². The molecule has 0 bridgehead atoms. The molecule has 0 aromatic rings. The highest BCUT2D eigenvalue weighted by atomic mass is 32.2. The summed E-state index contributed by atoms with van der Waals surface area (Å²) < 4.78 is 21.3. The van der Waals surface area contributed by atoms with Crippen molar-refractivity contribution in [3.63, 3.8) is 0 Å². The number of carbonyl (C=O) groups is 7. The van der Waals surface area contributed by atoms with Gasteiger partial charge < -0.3 is 61.3 Å². The molecule has 1 aliphatic heterocycles. The quantitative estimate of drug-likeness (QED) is 0.0371. The summed E-state index contributed by atoms with van der Waals surface area (Å²) in [4.78, 5) is 86.2. The van der Waals surface area contributed by atoms with Crippen molar-refractivity contribution in [2.45, 2.75) is 165 Å². The van der Waals surface area contributed by atoms with Crippen LogP contribution in [0.1, 0.15) is 112 Å². The summed E-state index contributed by atoms with van der Waals surface area (Å²) >= 11 is 0.366. The Balaban J connectivity index is 2.76. The summed E-state index contributed by atoms with van der Waals surface area (Å²) in [5.41, 5.74) is 4.60. The number of rotatable bonds is 24. The second-order valence-corrected chi connectivity index (χ2v) is 15.9. The van der Waals surface area contributed by atoms with E-state index in [1.54, 1.807) is 20.8 Å². The number of hydrogen-bond acceptors (Lipinski definition) is 15. The van der Waals surface area contributed by atoms with Gasteiger partial charge in [-0.3, -0.25) is 24.0 Å². The van der Waals surface area contributed by atoms with Crippen LogP contribution in [0.15, 0.2) is 0 Å². The van der Waals surface area contributed by atoms with Gasteiger partial charge in [0.15, 0.2) is 5.12 Å². The highest BCUT2D eigenvalue weighted by Gasteiger charge is 2.57. The first-order valence-electron chi connectivity index (χ1n) is 18.9. The number of hydrogen-bond donors (Lipinski definition) is 8. The summed E-state index contributed by atoms with van der Waals surface area (Å²) in [5, 5.41) is 39.6. The number of aliphatic hydroxyl groups excluding tert-OH is 2. The molecule has 0 aromatic carbocycles. The van der Waals surface area contributed by atoms with Gasteiger partial charge in [-0.15, -0.1) is 0 Å². The number of carbonyl (C=O) groups excluding carboxylic acids is 7. The molecule has 1 aliphatic rings. The molecule has 56 heavy (non-hydrogen) atoms. The summed E-state index contributed by atoms with van der Waals surface area (Å²) in [7, 11) is 1.09. The molecule has 1 saturated heterocycles. The molecular weight excluding hydrogens is 758 g/mol. The maximum absolute atomic E-state index is 13.1. The largest absolute Gasteiger partial charge is 0.467 e. The van der Waals surface area contributed by atoms with Gasteiger partial charge >= 0.3 is 12.1 Å². The third-order valence-corrected chi connectivity index (χ3v) is 9.57. The third-order valence-electron chi connectivity index (χ3n) is 8.50. The maximum Gasteiger partial charge on any atom is 0.407 e. The molecule has 0 saturated carbocycles. The van der Waals surface area contributed by atoms with Gasteiger partial charge in [0.2, 0.25) is 28.7 Å². The van der Waals surface area contributed by atoms with Crippen molar-refractivity contribution in [3.8, 4) is 0 Å². The number of aliphatic hydroxyl groups is 3. The minimum atomic E-state index is -2.52. The fraction of sp³-hybridized carbons (Fsp3) is 0.806. The average Bonchev–Trinajstić information content (AvgIpc) is 3.10. The number of esters is 1. The molecule has 0 aliphatic carbocycles. The lowest BCUT2D eigenvalue weighted by molar-refractivity contribution is -0.283. The normalized spacial score (nSPS) is 22.5. The van der Waals surface area contributed by atoms with Crippen molar-refractivity contribution in [2.24, 2.45) is 5.73 Å². The number of unbranched alkanes of at least 4 members (excludes halogenated alkanes) is 7. The Morgan fingerprint density at radius 1 is 0.911 bits per heavy atom. The van der Waals surface area contributed by atoms with E-state index in [2.05, 4.69) is 26.0 Å². The van der Waals surface area contributed by atoms with Crippen LogP contribution >= 0.6 is 11.8 Å². The average molecular weight is 822 g/mol. The number of alkyl carbamates (subject to hydrolysis) is 1. The molecule has 0 radical (unpaired) electrons. The van der Waals surface area contributed by atoms with Gasteiger partial charge in [0.25, 0.3) is 0 Å². The Morgan fingerprint density at radius 3 is 2.04 bits per heavy atom. The second-order valence-electron chi connectivity index (χ2n) is 14.7. The molecule has 1 unspecified atom stereocenters. The number of methoxy groups -OCH3 is 1. The predicted molar refractivity (Wildman–Crippen MR) is 203 cm³/mol. The molecule has 1 heterocycles. The van der Waals surface area contributed by atoms with E-state index >= 15 is 0 Å². The van der Waals surface area contributed by atoms with E-state index in [9.17, 15) is 48.9 Å². The Labute approximate surface area is 332 Å². The van der Waals surface area contributed by atoms with Crippen LogP contribution in [0.4, 0.5) is 4.79 Å². The number of nitrogens with one attached hydrogen (secondary N) is 4. The molecule has 0 aromatic heterocycles. The molecule has 1 fully saturated rings. The zero-order valence-electron chi connectivity index (χ0n) is 33.6. The fourth-order valence-electron chi connectivity index (χ4n) is 5.60. The smallest absolute Gasteiger partial charge is 0.407 e. The van der Waals surface area contributed by atoms with Crippen molar-refractivity contribution in [1.29, 1.82) is 0 Å². The molecule has 5 amide bonds. The number of primary amides is 1. The van der Waals surface area contributed by atoms with Crippen LogP contribution in [-0.4, -0.2) is 130 Å². The first-order valence-corrected chi connectivity index (χ1v) is 19.7. The van der Waals surface area contributed by atoms with E-state index in [4.69, 9.17) is 19.9 Å². The first-order chi connectivity index (χ1) is 26.1. The number of amides is 5. The Morgan fingerprint density at radius 2 is 1.50 bits per heavy atom. The lowest BCUT2D eigenvalue weighted by Gasteiger charge is -2.48. The van der Waals surface area contributed by atoms with E-state index < -0.39 is 101 Å². The van der Waals surface area contributed by atoms with E-state index in [0.717, 1.165) is 59.0 Å². The standard InChI is InChI=1S/C36H63N5O14S/c1-21(31(47)41-24(33(49)52-7)17-18-26(37)44)39-32(48)22(2)53-29-28(46)25(20-42)54-36(51,30(29)40-23(3)43)56-27(45)16-14-12-10-8-9-11-13-15-19-38-34(50)55-35(4,5)6/h21-22,24-25,28-30,42,46,51H,8-20H2,1-7H3,(H2,37,44)(H,38,50)(H,39,48)(H,40,43)(H,41,47)/t21-,22+,24+,25+,28+,29-,30+,36?/m0/s1.